The molecule has 0 radical (unpaired) electrons. The van der Waals surface area contributed by atoms with Crippen LogP contribution < -0.4 is 23.7 Å². The fourth-order valence-electron chi connectivity index (χ4n) is 6.97. The van der Waals surface area contributed by atoms with Crippen molar-refractivity contribution in [1.82, 2.24) is 0 Å². The lowest BCUT2D eigenvalue weighted by atomic mass is 10.2. The van der Waals surface area contributed by atoms with Crippen LogP contribution in [0.25, 0.3) is 0 Å². The van der Waals surface area contributed by atoms with Gasteiger partial charge in [-0.2, -0.15) is 0 Å². The van der Waals surface area contributed by atoms with Crippen molar-refractivity contribution < 1.29 is 91.2 Å². The number of phenols is 1. The second kappa shape index (κ2) is 43.2. The Morgan fingerprint density at radius 2 is 0.625 bits per heavy atom. The number of carboxylic acids is 1. The lowest BCUT2D eigenvalue weighted by Crippen LogP contribution is -2.10. The third-order valence-electron chi connectivity index (χ3n) is 11.5. The SMILES string of the molecule is C=CC(=O)OCCCCCCOc1ccc(C(=O)O)cc1.C=CC(=O)OCCCCCCOc1ccc(C(=O)Oc2ccc(C(=O)Oc3ccc(C(=O)OCCC)cc3)cc2)cc1.CCCOC(=O)c1ccc(OC(=O)c2ccc(O)cc2)cc1.ClCCl. The Morgan fingerprint density at radius 1 is 0.364 bits per heavy atom. The molecule has 0 amide bonds. The highest BCUT2D eigenvalue weighted by atomic mass is 35.5. The van der Waals surface area contributed by atoms with Gasteiger partial charge < -0.3 is 52.8 Å². The van der Waals surface area contributed by atoms with Crippen molar-refractivity contribution in [3.63, 3.8) is 0 Å². The standard InChI is InChI=1S/C33H34O9.C17H16O5.C16H20O5.CH2Cl2/c1-3-21-40-31(35)24-11-17-28(18-12-24)41-33(37)26-13-19-29(20-14-26)42-32(36)25-9-15-27(16-10-25)38-22-7-5-6-8-23-39-30(34)4-2;1-2-11-21-16(19)12-5-9-15(10-6-12)22-17(20)13-3-7-14(18)8-4-13;1-2-15(17)21-12-6-4-3-5-11-20-14-9-7-13(8-10-14)16(18)19;2-1-3/h4,9-20H,2-3,5-8,21-23H2,1H3;3-10,18H,2,11H2,1H3;2,7-10H,1,3-6,11-12H2,(H,18,19);1H2. The summed E-state index contributed by atoms with van der Waals surface area (Å²) in [5, 5.41) is 18.1. The first-order valence-electron chi connectivity index (χ1n) is 28.0. The minimum atomic E-state index is -0.946. The van der Waals surface area contributed by atoms with Crippen molar-refractivity contribution in [2.24, 2.45) is 0 Å². The number of aromatic hydroxyl groups is 1. The Labute approximate surface area is 521 Å². The molecule has 0 heterocycles. The Morgan fingerprint density at radius 3 is 0.909 bits per heavy atom. The van der Waals surface area contributed by atoms with Gasteiger partial charge >= 0.3 is 47.8 Å². The summed E-state index contributed by atoms with van der Waals surface area (Å²) in [5.41, 5.74) is 1.95. The van der Waals surface area contributed by atoms with E-state index in [9.17, 15) is 43.5 Å². The number of alkyl halides is 2. The summed E-state index contributed by atoms with van der Waals surface area (Å²) in [6, 6.07) is 36.9. The van der Waals surface area contributed by atoms with Gasteiger partial charge in [0.15, 0.2) is 0 Å². The molecule has 0 aromatic heterocycles. The number of unbranched alkanes of at least 4 members (excludes halogenated alkanes) is 6. The van der Waals surface area contributed by atoms with E-state index in [4.69, 9.17) is 70.9 Å². The maximum absolute atomic E-state index is 12.5. The Kier molecular flexibility index (Phi) is 35.7. The van der Waals surface area contributed by atoms with Crippen molar-refractivity contribution in [3.05, 3.63) is 204 Å². The summed E-state index contributed by atoms with van der Waals surface area (Å²) < 4.78 is 47.1. The van der Waals surface area contributed by atoms with Crippen LogP contribution in [0.15, 0.2) is 171 Å². The van der Waals surface area contributed by atoms with Crippen LogP contribution in [0, 0.1) is 0 Å². The molecular formula is C67H72Cl2O19. The van der Waals surface area contributed by atoms with Gasteiger partial charge in [0.2, 0.25) is 0 Å². The minimum Gasteiger partial charge on any atom is -0.508 e. The van der Waals surface area contributed by atoms with Gasteiger partial charge in [-0.05, 0) is 210 Å². The zero-order valence-corrected chi connectivity index (χ0v) is 50.5. The fourth-order valence-corrected chi connectivity index (χ4v) is 6.97. The van der Waals surface area contributed by atoms with Gasteiger partial charge in [0.25, 0.3) is 0 Å². The lowest BCUT2D eigenvalue weighted by Gasteiger charge is -2.09. The van der Waals surface area contributed by atoms with Gasteiger partial charge in [-0.15, -0.1) is 23.2 Å². The lowest BCUT2D eigenvalue weighted by molar-refractivity contribution is -0.138. The smallest absolute Gasteiger partial charge is 0.343 e. The van der Waals surface area contributed by atoms with Crippen LogP contribution in [-0.4, -0.2) is 103 Å². The van der Waals surface area contributed by atoms with Crippen molar-refractivity contribution in [2.45, 2.75) is 78.1 Å². The number of ether oxygens (including phenoxy) is 9. The Hall–Kier alpha value is -9.46. The summed E-state index contributed by atoms with van der Waals surface area (Å²) in [6.45, 7) is 13.1. The summed E-state index contributed by atoms with van der Waals surface area (Å²) in [7, 11) is 0. The number of hydrogen-bond acceptors (Lipinski definition) is 18. The van der Waals surface area contributed by atoms with Crippen LogP contribution in [0.3, 0.4) is 0 Å². The first-order chi connectivity index (χ1) is 42.5. The highest BCUT2D eigenvalue weighted by Gasteiger charge is 2.15. The molecule has 0 saturated heterocycles. The van der Waals surface area contributed by atoms with Gasteiger partial charge in [-0.3, -0.25) is 0 Å². The van der Waals surface area contributed by atoms with E-state index >= 15 is 0 Å². The molecule has 0 aliphatic heterocycles. The molecule has 6 aromatic rings. The molecule has 0 unspecified atom stereocenters. The predicted octanol–water partition coefficient (Wildman–Crippen LogP) is 14.0. The molecule has 21 heteroatoms. The van der Waals surface area contributed by atoms with Crippen LogP contribution in [0.5, 0.6) is 34.5 Å². The van der Waals surface area contributed by atoms with E-state index < -0.39 is 41.8 Å². The second-order valence-electron chi connectivity index (χ2n) is 18.3. The van der Waals surface area contributed by atoms with Crippen LogP contribution >= 0.6 is 23.2 Å². The summed E-state index contributed by atoms with van der Waals surface area (Å²) in [4.78, 5) is 92.9. The largest absolute Gasteiger partial charge is 0.508 e. The average molecular weight is 1250 g/mol. The summed E-state index contributed by atoms with van der Waals surface area (Å²) in [6.07, 6.45) is 11.0. The van der Waals surface area contributed by atoms with Gasteiger partial charge in [0.1, 0.15) is 34.5 Å². The van der Waals surface area contributed by atoms with Crippen molar-refractivity contribution in [2.75, 3.05) is 45.0 Å². The highest BCUT2D eigenvalue weighted by Crippen LogP contribution is 2.21. The molecule has 19 nitrogen and oxygen atoms in total. The zero-order valence-electron chi connectivity index (χ0n) is 49.0. The third-order valence-corrected chi connectivity index (χ3v) is 11.5. The third kappa shape index (κ3) is 30.1. The summed E-state index contributed by atoms with van der Waals surface area (Å²) >= 11 is 9.53. The monoisotopic (exact) mass is 1250 g/mol. The van der Waals surface area contributed by atoms with Crippen LogP contribution in [0.2, 0.25) is 0 Å². The average Bonchev–Trinajstić information content (AvgIpc) is 3.69. The zero-order chi connectivity index (χ0) is 64.3. The second-order valence-corrected chi connectivity index (χ2v) is 19.1. The number of hydrogen-bond donors (Lipinski definition) is 2. The Bertz CT molecular complexity index is 3090. The highest BCUT2D eigenvalue weighted by molar-refractivity contribution is 6.40. The number of carbonyl (C=O) groups excluding carboxylic acids is 7. The molecule has 0 atom stereocenters. The first-order valence-corrected chi connectivity index (χ1v) is 29.1. The van der Waals surface area contributed by atoms with E-state index in [1.807, 2.05) is 13.8 Å². The molecule has 0 bridgehead atoms. The molecule has 88 heavy (non-hydrogen) atoms. The van der Waals surface area contributed by atoms with Crippen LogP contribution in [0.1, 0.15) is 140 Å². The van der Waals surface area contributed by atoms with Crippen LogP contribution in [-0.2, 0) is 28.5 Å². The van der Waals surface area contributed by atoms with E-state index in [0.29, 0.717) is 79.1 Å². The topological polar surface area (TPSA) is 260 Å². The maximum Gasteiger partial charge on any atom is 0.343 e. The van der Waals surface area contributed by atoms with Gasteiger partial charge in [-0.25, -0.2) is 38.4 Å². The molecule has 0 saturated carbocycles. The van der Waals surface area contributed by atoms with E-state index in [0.717, 1.165) is 76.4 Å². The quantitative estimate of drug-likeness (QED) is 0.0102. The number of halogens is 2. The number of carboxylic acid groups (broad SMARTS) is 1. The molecule has 2 N–H and O–H groups in total. The van der Waals surface area contributed by atoms with Crippen LogP contribution in [0.4, 0.5) is 0 Å². The normalized spacial score (nSPS) is 10.0. The molecule has 6 aromatic carbocycles. The van der Waals surface area contributed by atoms with Crippen molar-refractivity contribution in [1.29, 1.82) is 0 Å². The number of carbonyl (C=O) groups is 8. The van der Waals surface area contributed by atoms with Crippen molar-refractivity contribution >= 4 is 71.0 Å². The maximum atomic E-state index is 12.5. The minimum absolute atomic E-state index is 0.0755. The molecule has 468 valence electrons. The van der Waals surface area contributed by atoms with E-state index in [2.05, 4.69) is 13.2 Å². The number of aromatic carboxylic acids is 1. The van der Waals surface area contributed by atoms with Crippen molar-refractivity contribution in [3.8, 4) is 34.5 Å². The number of benzene rings is 6. The van der Waals surface area contributed by atoms with Gasteiger partial charge in [0, 0.05) is 12.2 Å². The van der Waals surface area contributed by atoms with Gasteiger partial charge in [-0.1, -0.05) is 27.0 Å². The Balaban J connectivity index is 0.000000369. The molecule has 0 fully saturated rings. The first kappa shape index (κ1) is 72.8. The number of rotatable bonds is 31. The number of phenolic OH excluding ortho intramolecular Hbond substituents is 1. The molecular weight excluding hydrogens is 1180 g/mol. The fraction of sp³-hybridized carbons (Fsp3) is 0.284. The van der Waals surface area contributed by atoms with E-state index in [1.165, 1.54) is 109 Å². The van der Waals surface area contributed by atoms with E-state index in [-0.39, 0.29) is 39.7 Å². The summed E-state index contributed by atoms with van der Waals surface area (Å²) in [5.74, 6) is -2.02. The molecule has 0 aliphatic rings. The molecule has 0 aliphatic carbocycles. The number of esters is 7. The molecule has 0 spiro atoms. The molecule has 6 rings (SSSR count). The predicted molar refractivity (Wildman–Crippen MR) is 330 cm³/mol. The van der Waals surface area contributed by atoms with E-state index in [1.54, 1.807) is 36.4 Å². The van der Waals surface area contributed by atoms with Gasteiger partial charge in [0.05, 0.1) is 78.4 Å².